The van der Waals surface area contributed by atoms with Crippen LogP contribution in [0.1, 0.15) is 44.1 Å². The summed E-state index contributed by atoms with van der Waals surface area (Å²) >= 11 is 5.58. The van der Waals surface area contributed by atoms with Gasteiger partial charge in [-0.2, -0.15) is 0 Å². The lowest BCUT2D eigenvalue weighted by Crippen LogP contribution is -2.60. The average molecular weight is 632 g/mol. The highest BCUT2D eigenvalue weighted by molar-refractivity contribution is 6.27. The Morgan fingerprint density at radius 1 is 0.932 bits per heavy atom. The molecule has 0 unspecified atom stereocenters. The highest BCUT2D eigenvalue weighted by Gasteiger charge is 2.37. The van der Waals surface area contributed by atoms with Crippen LogP contribution in [0.3, 0.4) is 0 Å². The predicted octanol–water partition coefficient (Wildman–Crippen LogP) is 0.189. The van der Waals surface area contributed by atoms with Gasteiger partial charge in [0.1, 0.15) is 30.0 Å². The SMILES string of the molecule is NC(=O)[C@H](CO)NC(=O)[C@H](CCc1ccc2ccccc2c1)NC(=O)[C@@H]1CCCCN1C(=O)[C@H](CCC(=O)O)NC(=O)CCl. The van der Waals surface area contributed by atoms with Crippen LogP contribution in [-0.4, -0.2) is 93.8 Å². The van der Waals surface area contributed by atoms with Gasteiger partial charge >= 0.3 is 5.97 Å². The van der Waals surface area contributed by atoms with E-state index in [0.29, 0.717) is 19.3 Å². The molecule has 7 N–H and O–H groups in total. The summed E-state index contributed by atoms with van der Waals surface area (Å²) in [7, 11) is 0. The lowest BCUT2D eigenvalue weighted by molar-refractivity contribution is -0.146. The van der Waals surface area contributed by atoms with E-state index < -0.39 is 78.6 Å². The van der Waals surface area contributed by atoms with Gasteiger partial charge in [-0.1, -0.05) is 42.5 Å². The minimum atomic E-state index is -1.36. The summed E-state index contributed by atoms with van der Waals surface area (Å²) in [6, 6.07) is 8.86. The van der Waals surface area contributed by atoms with Crippen molar-refractivity contribution in [3.05, 3.63) is 48.0 Å². The Balaban J connectivity index is 1.81. The van der Waals surface area contributed by atoms with Crippen molar-refractivity contribution in [3.63, 3.8) is 0 Å². The molecule has 0 spiro atoms. The number of carboxylic acids is 1. The number of hydrogen-bond acceptors (Lipinski definition) is 7. The summed E-state index contributed by atoms with van der Waals surface area (Å²) in [6.07, 6.45) is 1.36. The fraction of sp³-hybridized carbons (Fsp3) is 0.467. The average Bonchev–Trinajstić information content (AvgIpc) is 3.02. The number of carbonyl (C=O) groups is 6. The first-order valence-electron chi connectivity index (χ1n) is 14.4. The molecular formula is C30H38ClN5O8. The van der Waals surface area contributed by atoms with Crippen LogP contribution in [-0.2, 0) is 35.2 Å². The molecule has 13 nitrogen and oxygen atoms in total. The fourth-order valence-electron chi connectivity index (χ4n) is 5.15. The number of aliphatic hydroxyl groups excluding tert-OH is 1. The number of aryl methyl sites for hydroxylation is 1. The molecule has 0 aromatic heterocycles. The van der Waals surface area contributed by atoms with Crippen molar-refractivity contribution in [1.29, 1.82) is 0 Å². The van der Waals surface area contributed by atoms with E-state index in [-0.39, 0.29) is 25.8 Å². The molecule has 0 aliphatic carbocycles. The second-order valence-electron chi connectivity index (χ2n) is 10.7. The Hall–Kier alpha value is -4.23. The van der Waals surface area contributed by atoms with Crippen molar-refractivity contribution in [2.75, 3.05) is 19.0 Å². The first kappa shape index (κ1) is 34.3. The minimum absolute atomic E-state index is 0.126. The first-order chi connectivity index (χ1) is 21.0. The molecule has 2 aromatic rings. The monoisotopic (exact) mass is 631 g/mol. The van der Waals surface area contributed by atoms with E-state index in [1.165, 1.54) is 4.90 Å². The molecule has 1 heterocycles. The Morgan fingerprint density at radius 2 is 1.66 bits per heavy atom. The Labute approximate surface area is 259 Å². The van der Waals surface area contributed by atoms with Crippen LogP contribution in [0.4, 0.5) is 0 Å². The molecule has 1 aliphatic rings. The maximum absolute atomic E-state index is 13.6. The molecule has 0 bridgehead atoms. The van der Waals surface area contributed by atoms with Gasteiger partial charge in [0.2, 0.25) is 29.5 Å². The molecule has 1 aliphatic heterocycles. The number of alkyl halides is 1. The number of nitrogens with one attached hydrogen (secondary N) is 3. The summed E-state index contributed by atoms with van der Waals surface area (Å²) in [6.45, 7) is -0.553. The number of rotatable bonds is 15. The maximum Gasteiger partial charge on any atom is 0.303 e. The molecule has 44 heavy (non-hydrogen) atoms. The fourth-order valence-corrected chi connectivity index (χ4v) is 5.22. The topological polar surface area (TPSA) is 208 Å². The third-order valence-corrected chi connectivity index (χ3v) is 7.74. The number of fused-ring (bicyclic) bond motifs is 1. The number of nitrogens with zero attached hydrogens (tertiary/aromatic N) is 1. The zero-order valence-corrected chi connectivity index (χ0v) is 24.9. The van der Waals surface area contributed by atoms with E-state index in [1.807, 2.05) is 42.5 Å². The predicted molar refractivity (Wildman–Crippen MR) is 161 cm³/mol. The Bertz CT molecular complexity index is 1370. The molecule has 0 radical (unpaired) electrons. The molecule has 1 saturated heterocycles. The number of nitrogens with two attached hydrogens (primary N) is 1. The second-order valence-corrected chi connectivity index (χ2v) is 10.9. The van der Waals surface area contributed by atoms with Gasteiger partial charge in [-0.3, -0.25) is 28.8 Å². The van der Waals surface area contributed by atoms with Crippen LogP contribution in [0.5, 0.6) is 0 Å². The number of primary amides is 1. The van der Waals surface area contributed by atoms with E-state index in [1.54, 1.807) is 0 Å². The van der Waals surface area contributed by atoms with Gasteiger partial charge in [0, 0.05) is 13.0 Å². The number of carbonyl (C=O) groups excluding carboxylic acids is 5. The van der Waals surface area contributed by atoms with Crippen molar-refractivity contribution in [1.82, 2.24) is 20.9 Å². The number of benzene rings is 2. The van der Waals surface area contributed by atoms with E-state index in [9.17, 15) is 33.9 Å². The highest BCUT2D eigenvalue weighted by atomic mass is 35.5. The summed E-state index contributed by atoms with van der Waals surface area (Å²) in [5.74, 6) is -5.20. The van der Waals surface area contributed by atoms with Crippen molar-refractivity contribution in [2.24, 2.45) is 5.73 Å². The number of hydrogen-bond donors (Lipinski definition) is 6. The molecular weight excluding hydrogens is 594 g/mol. The zero-order valence-electron chi connectivity index (χ0n) is 24.2. The zero-order chi connectivity index (χ0) is 32.2. The summed E-state index contributed by atoms with van der Waals surface area (Å²) in [5.41, 5.74) is 6.18. The van der Waals surface area contributed by atoms with Crippen molar-refractivity contribution in [2.45, 2.75) is 69.1 Å². The third kappa shape index (κ3) is 9.64. The number of piperidine rings is 1. The lowest BCUT2D eigenvalue weighted by Gasteiger charge is -2.37. The summed E-state index contributed by atoms with van der Waals surface area (Å²) in [4.78, 5) is 76.5. The van der Waals surface area contributed by atoms with Gasteiger partial charge in [0.05, 0.1) is 6.61 Å². The van der Waals surface area contributed by atoms with Gasteiger partial charge in [-0.15, -0.1) is 11.6 Å². The maximum atomic E-state index is 13.6. The van der Waals surface area contributed by atoms with E-state index in [2.05, 4.69) is 16.0 Å². The third-order valence-electron chi connectivity index (χ3n) is 7.50. The van der Waals surface area contributed by atoms with Crippen LogP contribution in [0, 0.1) is 0 Å². The number of likely N-dealkylation sites (tertiary alicyclic amines) is 1. The first-order valence-corrected chi connectivity index (χ1v) is 14.9. The van der Waals surface area contributed by atoms with Gasteiger partial charge in [-0.25, -0.2) is 0 Å². The van der Waals surface area contributed by atoms with Crippen molar-refractivity contribution < 1.29 is 39.0 Å². The number of aliphatic hydroxyl groups is 1. The second kappa shape index (κ2) is 16.6. The number of carboxylic acid groups (broad SMARTS) is 1. The van der Waals surface area contributed by atoms with Gasteiger partial charge in [0.25, 0.3) is 0 Å². The van der Waals surface area contributed by atoms with Gasteiger partial charge < -0.3 is 36.8 Å². The molecule has 238 valence electrons. The van der Waals surface area contributed by atoms with Crippen LogP contribution >= 0.6 is 11.6 Å². The molecule has 3 rings (SSSR count). The van der Waals surface area contributed by atoms with E-state index in [4.69, 9.17) is 22.4 Å². The highest BCUT2D eigenvalue weighted by Crippen LogP contribution is 2.21. The normalized spacial score (nSPS) is 16.8. The smallest absolute Gasteiger partial charge is 0.303 e. The number of halogens is 1. The van der Waals surface area contributed by atoms with Crippen LogP contribution < -0.4 is 21.7 Å². The Kier molecular flexibility index (Phi) is 12.9. The molecule has 5 amide bonds. The summed E-state index contributed by atoms with van der Waals surface area (Å²) < 4.78 is 0. The molecule has 14 heteroatoms. The quantitative estimate of drug-likeness (QED) is 0.149. The number of aliphatic carboxylic acids is 1. The van der Waals surface area contributed by atoms with Crippen molar-refractivity contribution in [3.8, 4) is 0 Å². The van der Waals surface area contributed by atoms with E-state index in [0.717, 1.165) is 16.3 Å². The van der Waals surface area contributed by atoms with Crippen LogP contribution in [0.25, 0.3) is 10.8 Å². The van der Waals surface area contributed by atoms with Gasteiger partial charge in [-0.05, 0) is 54.9 Å². The van der Waals surface area contributed by atoms with E-state index >= 15 is 0 Å². The Morgan fingerprint density at radius 3 is 2.32 bits per heavy atom. The van der Waals surface area contributed by atoms with Crippen molar-refractivity contribution >= 4 is 57.9 Å². The lowest BCUT2D eigenvalue weighted by atomic mass is 9.97. The van der Waals surface area contributed by atoms with Gasteiger partial charge in [0.15, 0.2) is 0 Å². The molecule has 0 saturated carbocycles. The standard InChI is InChI=1S/C30H38ClN5O8/c31-16-25(38)33-22(12-13-26(39)40)30(44)36-14-4-3-7-24(36)29(43)34-21(28(42)35-23(17-37)27(32)41)11-9-18-8-10-19-5-1-2-6-20(19)15-18/h1-2,5-6,8,10,15,21-24,37H,3-4,7,9,11-14,16-17H2,(H2,32,41)(H,33,38)(H,34,43)(H,35,42)(H,39,40)/t21-,22-,23-,24-/m0/s1. The summed E-state index contributed by atoms with van der Waals surface area (Å²) in [5, 5.41) is 28.2. The largest absolute Gasteiger partial charge is 0.481 e. The minimum Gasteiger partial charge on any atom is -0.481 e. The van der Waals surface area contributed by atoms with Crippen LogP contribution in [0.15, 0.2) is 42.5 Å². The van der Waals surface area contributed by atoms with Crippen LogP contribution in [0.2, 0.25) is 0 Å². The molecule has 4 atom stereocenters. The number of amides is 5. The molecule has 1 fully saturated rings. The molecule has 2 aromatic carbocycles.